The van der Waals surface area contributed by atoms with Crippen molar-refractivity contribution in [1.29, 1.82) is 0 Å². The van der Waals surface area contributed by atoms with Crippen LogP contribution in [0.2, 0.25) is 0 Å². The van der Waals surface area contributed by atoms with E-state index in [9.17, 15) is 0 Å². The van der Waals surface area contributed by atoms with Gasteiger partial charge in [-0.3, -0.25) is 0 Å². The van der Waals surface area contributed by atoms with Crippen molar-refractivity contribution in [1.82, 2.24) is 15.2 Å². The quantitative estimate of drug-likeness (QED) is 0.906. The highest BCUT2D eigenvalue weighted by Gasteiger charge is 2.25. The minimum atomic E-state index is 0.519. The molecule has 0 bridgehead atoms. The summed E-state index contributed by atoms with van der Waals surface area (Å²) >= 11 is 1.87. The van der Waals surface area contributed by atoms with Crippen LogP contribution in [0.1, 0.15) is 44.2 Å². The first-order valence-electron chi connectivity index (χ1n) is 8.16. The van der Waals surface area contributed by atoms with Crippen molar-refractivity contribution in [2.45, 2.75) is 59.2 Å². The number of aromatic nitrogens is 1. The lowest BCUT2D eigenvalue weighted by molar-refractivity contribution is 0.328. The second kappa shape index (κ2) is 7.56. The van der Waals surface area contributed by atoms with Crippen molar-refractivity contribution in [3.05, 3.63) is 10.6 Å². The molecule has 0 amide bonds. The molecule has 4 nitrogen and oxygen atoms in total. The fourth-order valence-electron chi connectivity index (χ4n) is 2.84. The molecule has 2 rings (SSSR count). The van der Waals surface area contributed by atoms with Gasteiger partial charge in [0.05, 0.1) is 5.69 Å². The highest BCUT2D eigenvalue weighted by molar-refractivity contribution is 7.15. The summed E-state index contributed by atoms with van der Waals surface area (Å²) in [5.74, 6) is 0. The summed E-state index contributed by atoms with van der Waals surface area (Å²) in [5.41, 5.74) is 1.19. The van der Waals surface area contributed by atoms with Gasteiger partial charge in [0.2, 0.25) is 0 Å². The van der Waals surface area contributed by atoms with Gasteiger partial charge in [-0.15, -0.1) is 11.3 Å². The Hall–Kier alpha value is -0.650. The number of likely N-dealkylation sites (N-methyl/N-ethyl adjacent to an activating group) is 1. The number of hydrogen-bond acceptors (Lipinski definition) is 5. The number of thiazole rings is 1. The average Bonchev–Trinajstić information content (AvgIpc) is 2.68. The van der Waals surface area contributed by atoms with E-state index >= 15 is 0 Å². The summed E-state index contributed by atoms with van der Waals surface area (Å²) in [6.45, 7) is 13.2. The highest BCUT2D eigenvalue weighted by atomic mass is 32.1. The molecule has 1 saturated heterocycles. The maximum absolute atomic E-state index is 4.86. The van der Waals surface area contributed by atoms with E-state index in [-0.39, 0.29) is 0 Å². The Morgan fingerprint density at radius 3 is 2.81 bits per heavy atom. The molecule has 21 heavy (non-hydrogen) atoms. The lowest BCUT2D eigenvalue weighted by Gasteiger charge is -2.29. The summed E-state index contributed by atoms with van der Waals surface area (Å²) in [6.07, 6.45) is 2.41. The summed E-state index contributed by atoms with van der Waals surface area (Å²) in [7, 11) is 2.23. The first-order chi connectivity index (χ1) is 10.0. The van der Waals surface area contributed by atoms with Crippen LogP contribution in [0.15, 0.2) is 0 Å². The predicted octanol–water partition coefficient (Wildman–Crippen LogP) is 2.87. The summed E-state index contributed by atoms with van der Waals surface area (Å²) < 4.78 is 0. The van der Waals surface area contributed by atoms with Crippen molar-refractivity contribution in [2.24, 2.45) is 0 Å². The number of nitrogens with one attached hydrogen (secondary N) is 1. The maximum Gasteiger partial charge on any atom is 0.186 e. The minimum Gasteiger partial charge on any atom is -0.344 e. The average molecular weight is 311 g/mol. The van der Waals surface area contributed by atoms with Crippen LogP contribution in [-0.4, -0.2) is 48.6 Å². The third kappa shape index (κ3) is 4.41. The van der Waals surface area contributed by atoms with Crippen LogP contribution in [0.5, 0.6) is 0 Å². The molecule has 0 aromatic carbocycles. The van der Waals surface area contributed by atoms with Crippen molar-refractivity contribution >= 4 is 16.5 Å². The second-order valence-corrected chi connectivity index (χ2v) is 7.47. The Labute approximate surface area is 133 Å². The molecule has 1 aromatic heterocycles. The van der Waals surface area contributed by atoms with E-state index in [1.54, 1.807) is 0 Å². The van der Waals surface area contributed by atoms with Gasteiger partial charge in [-0.1, -0.05) is 20.8 Å². The van der Waals surface area contributed by atoms with Gasteiger partial charge < -0.3 is 15.1 Å². The van der Waals surface area contributed by atoms with Crippen molar-refractivity contribution < 1.29 is 0 Å². The molecule has 1 fully saturated rings. The molecule has 1 atom stereocenters. The molecule has 120 valence electrons. The molecule has 5 heteroatoms. The number of nitrogens with zero attached hydrogens (tertiary/aromatic N) is 3. The molecule has 1 aliphatic rings. The Balaban J connectivity index is 2.13. The molecule has 1 aromatic rings. The largest absolute Gasteiger partial charge is 0.344 e. The molecule has 0 saturated carbocycles. The standard InChI is InChI=1S/C16H30N4S/c1-6-14-11-19(5)8-7-9-20(14)16-18-13(4)15(21-16)10-17-12(2)3/h12,14,17H,6-11H2,1-5H3. The topological polar surface area (TPSA) is 31.4 Å². The van der Waals surface area contributed by atoms with E-state index in [1.807, 2.05) is 11.3 Å². The lowest BCUT2D eigenvalue weighted by Crippen LogP contribution is -2.39. The molecule has 0 aliphatic carbocycles. The Morgan fingerprint density at radius 1 is 1.38 bits per heavy atom. The minimum absolute atomic E-state index is 0.519. The smallest absolute Gasteiger partial charge is 0.186 e. The third-order valence-electron chi connectivity index (χ3n) is 4.17. The van der Waals surface area contributed by atoms with Gasteiger partial charge in [-0.05, 0) is 33.4 Å². The van der Waals surface area contributed by atoms with E-state index in [0.717, 1.165) is 19.6 Å². The molecule has 0 radical (unpaired) electrons. The summed E-state index contributed by atoms with van der Waals surface area (Å²) in [5, 5.41) is 4.72. The van der Waals surface area contributed by atoms with Gasteiger partial charge in [-0.2, -0.15) is 0 Å². The number of rotatable bonds is 5. The van der Waals surface area contributed by atoms with Gasteiger partial charge in [0.15, 0.2) is 5.13 Å². The van der Waals surface area contributed by atoms with Gasteiger partial charge in [-0.25, -0.2) is 4.98 Å². The number of hydrogen-bond donors (Lipinski definition) is 1. The van der Waals surface area contributed by atoms with E-state index in [1.165, 1.54) is 35.1 Å². The van der Waals surface area contributed by atoms with Gasteiger partial charge >= 0.3 is 0 Å². The molecule has 2 heterocycles. The number of anilines is 1. The van der Waals surface area contributed by atoms with Gasteiger partial charge in [0.1, 0.15) is 0 Å². The first kappa shape index (κ1) is 16.7. The van der Waals surface area contributed by atoms with Crippen LogP contribution in [0.3, 0.4) is 0 Å². The maximum atomic E-state index is 4.86. The summed E-state index contributed by atoms with van der Waals surface area (Å²) in [4.78, 5) is 11.2. The zero-order valence-corrected chi connectivity index (χ0v) is 15.0. The molecule has 1 unspecified atom stereocenters. The van der Waals surface area contributed by atoms with Crippen molar-refractivity contribution in [3.63, 3.8) is 0 Å². The fourth-order valence-corrected chi connectivity index (χ4v) is 3.95. The SMILES string of the molecule is CCC1CN(C)CCCN1c1nc(C)c(CNC(C)C)s1. The van der Waals surface area contributed by atoms with Crippen molar-refractivity contribution in [2.75, 3.05) is 31.6 Å². The van der Waals surface area contributed by atoms with Gasteiger partial charge in [0.25, 0.3) is 0 Å². The zero-order valence-electron chi connectivity index (χ0n) is 14.1. The van der Waals surface area contributed by atoms with Crippen LogP contribution in [-0.2, 0) is 6.54 Å². The van der Waals surface area contributed by atoms with Crippen molar-refractivity contribution in [3.8, 4) is 0 Å². The normalized spacial score (nSPS) is 21.0. The molecular formula is C16H30N4S. The molecule has 1 aliphatic heterocycles. The van der Waals surface area contributed by atoms with Crippen LogP contribution in [0.25, 0.3) is 0 Å². The van der Waals surface area contributed by atoms with Gasteiger partial charge in [0, 0.05) is 36.6 Å². The lowest BCUT2D eigenvalue weighted by atomic mass is 10.2. The van der Waals surface area contributed by atoms with E-state index in [0.29, 0.717) is 12.1 Å². The Bertz CT molecular complexity index is 443. The predicted molar refractivity (Wildman–Crippen MR) is 92.4 cm³/mol. The Morgan fingerprint density at radius 2 is 2.14 bits per heavy atom. The van der Waals surface area contributed by atoms with Crippen LogP contribution in [0, 0.1) is 6.92 Å². The number of aryl methyl sites for hydroxylation is 1. The second-order valence-electron chi connectivity index (χ2n) is 6.41. The molecular weight excluding hydrogens is 280 g/mol. The fraction of sp³-hybridized carbons (Fsp3) is 0.812. The molecule has 1 N–H and O–H groups in total. The van der Waals surface area contributed by atoms with E-state index in [2.05, 4.69) is 49.9 Å². The van der Waals surface area contributed by atoms with Crippen LogP contribution < -0.4 is 10.2 Å². The zero-order chi connectivity index (χ0) is 15.4. The van der Waals surface area contributed by atoms with Crippen LogP contribution >= 0.6 is 11.3 Å². The van der Waals surface area contributed by atoms with Crippen LogP contribution in [0.4, 0.5) is 5.13 Å². The first-order valence-corrected chi connectivity index (χ1v) is 8.97. The Kier molecular flexibility index (Phi) is 6.02. The van der Waals surface area contributed by atoms with E-state index < -0.39 is 0 Å². The monoisotopic (exact) mass is 310 g/mol. The summed E-state index contributed by atoms with van der Waals surface area (Å²) in [6, 6.07) is 1.11. The molecule has 0 spiro atoms. The third-order valence-corrected chi connectivity index (χ3v) is 5.37. The highest BCUT2D eigenvalue weighted by Crippen LogP contribution is 2.29. The van der Waals surface area contributed by atoms with E-state index in [4.69, 9.17) is 4.98 Å².